The van der Waals surface area contributed by atoms with Crippen molar-refractivity contribution in [2.75, 3.05) is 12.3 Å². The first-order valence-corrected chi connectivity index (χ1v) is 8.66. The van der Waals surface area contributed by atoms with Gasteiger partial charge >= 0.3 is 0 Å². The molecule has 0 aliphatic carbocycles. The molecule has 0 spiro atoms. The van der Waals surface area contributed by atoms with Crippen LogP contribution in [-0.2, 0) is 0 Å². The highest BCUT2D eigenvalue weighted by Gasteiger charge is 2.27. The van der Waals surface area contributed by atoms with E-state index in [0.29, 0.717) is 0 Å². The van der Waals surface area contributed by atoms with Crippen LogP contribution in [0.1, 0.15) is 41.5 Å². The Labute approximate surface area is 104 Å². The van der Waals surface area contributed by atoms with Gasteiger partial charge in [-0.25, -0.2) is 0 Å². The van der Waals surface area contributed by atoms with Crippen LogP contribution < -0.4 is 0 Å². The standard InChI is InChI=1S/C14H24P2/c1-9-15(13(3,4)5)11-12-16(10-2)14(6,7)8/h1-2H,11-12H2,3-8H3/t15-,16?/m0/s1. The topological polar surface area (TPSA) is 0 Å². The molecule has 0 bridgehead atoms. The molecule has 0 rings (SSSR count). The Hall–Kier alpha value is -0.0200. The summed E-state index contributed by atoms with van der Waals surface area (Å²) in [4.78, 5) is 0. The molecular weight excluding hydrogens is 230 g/mol. The summed E-state index contributed by atoms with van der Waals surface area (Å²) < 4.78 is 0. The van der Waals surface area contributed by atoms with Gasteiger partial charge in [-0.1, -0.05) is 52.9 Å². The summed E-state index contributed by atoms with van der Waals surface area (Å²) in [5.74, 6) is 0. The molecule has 0 radical (unpaired) electrons. The van der Waals surface area contributed by atoms with Crippen molar-refractivity contribution in [1.29, 1.82) is 0 Å². The van der Waals surface area contributed by atoms with Gasteiger partial charge in [0, 0.05) is 0 Å². The molecular formula is C14H24P2. The molecule has 0 saturated heterocycles. The summed E-state index contributed by atoms with van der Waals surface area (Å²) in [6.07, 6.45) is 13.5. The SMILES string of the molecule is C#CP(CC[P@](C#C)C(C)(C)C)C(C)(C)C. The fraction of sp³-hybridized carbons (Fsp3) is 0.714. The molecule has 0 aliphatic heterocycles. The average Bonchev–Trinajstić information content (AvgIpc) is 2.08. The Kier molecular flexibility index (Phi) is 6.05. The van der Waals surface area contributed by atoms with Crippen molar-refractivity contribution < 1.29 is 0 Å². The van der Waals surface area contributed by atoms with E-state index < -0.39 is 0 Å². The Morgan fingerprint density at radius 2 is 1.00 bits per heavy atom. The van der Waals surface area contributed by atoms with Crippen molar-refractivity contribution >= 4 is 15.8 Å². The molecule has 1 unspecified atom stereocenters. The summed E-state index contributed by atoms with van der Waals surface area (Å²) in [6, 6.07) is 0. The van der Waals surface area contributed by atoms with Crippen molar-refractivity contribution in [3.05, 3.63) is 0 Å². The van der Waals surface area contributed by atoms with Gasteiger partial charge in [0.1, 0.15) is 0 Å². The van der Waals surface area contributed by atoms with Crippen molar-refractivity contribution in [3.8, 4) is 24.2 Å². The summed E-state index contributed by atoms with van der Waals surface area (Å²) in [7, 11) is -0.673. The Balaban J connectivity index is 4.45. The first-order valence-electron chi connectivity index (χ1n) is 5.60. The third kappa shape index (κ3) is 5.35. The van der Waals surface area contributed by atoms with Gasteiger partial charge in [0.15, 0.2) is 0 Å². The van der Waals surface area contributed by atoms with E-state index in [4.69, 9.17) is 12.8 Å². The lowest BCUT2D eigenvalue weighted by atomic mass is 10.3. The van der Waals surface area contributed by atoms with Gasteiger partial charge in [0.25, 0.3) is 0 Å². The zero-order valence-electron chi connectivity index (χ0n) is 11.5. The van der Waals surface area contributed by atoms with E-state index in [1.54, 1.807) is 0 Å². The average molecular weight is 254 g/mol. The smallest absolute Gasteiger partial charge is 0.00681 e. The van der Waals surface area contributed by atoms with Crippen molar-refractivity contribution in [2.24, 2.45) is 0 Å². The Morgan fingerprint density at radius 3 is 1.12 bits per heavy atom. The molecule has 0 saturated carbocycles. The Bertz CT molecular complexity index is 259. The lowest BCUT2D eigenvalue weighted by molar-refractivity contribution is 0.781. The molecule has 0 nitrogen and oxygen atoms in total. The zero-order valence-corrected chi connectivity index (χ0v) is 13.3. The molecule has 16 heavy (non-hydrogen) atoms. The fourth-order valence-electron chi connectivity index (χ4n) is 1.39. The third-order valence-electron chi connectivity index (χ3n) is 2.48. The second-order valence-corrected chi connectivity index (χ2v) is 11.7. The zero-order chi connectivity index (χ0) is 13.0. The maximum Gasteiger partial charge on any atom is -0.00681 e. The maximum absolute atomic E-state index is 5.63. The van der Waals surface area contributed by atoms with Crippen LogP contribution in [0.3, 0.4) is 0 Å². The molecule has 0 aromatic carbocycles. The van der Waals surface area contributed by atoms with Crippen molar-refractivity contribution in [2.45, 2.75) is 51.9 Å². The van der Waals surface area contributed by atoms with Gasteiger partial charge in [-0.3, -0.25) is 0 Å². The molecule has 0 amide bonds. The predicted octanol–water partition coefficient (Wildman–Crippen LogP) is 4.73. The summed E-state index contributed by atoms with van der Waals surface area (Å²) in [5, 5.41) is 0.495. The molecule has 0 aliphatic rings. The first-order chi connectivity index (χ1) is 7.12. The van der Waals surface area contributed by atoms with Crippen molar-refractivity contribution in [1.82, 2.24) is 0 Å². The maximum atomic E-state index is 5.63. The molecule has 0 fully saturated rings. The minimum Gasteiger partial charge on any atom is -0.115 e. The van der Waals surface area contributed by atoms with Crippen LogP contribution in [0.25, 0.3) is 0 Å². The first kappa shape index (κ1) is 16.0. The third-order valence-corrected chi connectivity index (χ3v) is 8.04. The highest BCUT2D eigenvalue weighted by Crippen LogP contribution is 2.54. The lowest BCUT2D eigenvalue weighted by Crippen LogP contribution is -2.17. The van der Waals surface area contributed by atoms with E-state index in [-0.39, 0.29) is 26.2 Å². The molecule has 2 heteroatoms. The van der Waals surface area contributed by atoms with Gasteiger partial charge in [-0.05, 0) is 38.5 Å². The molecule has 2 atom stereocenters. The number of terminal acetylenes is 2. The largest absolute Gasteiger partial charge is 0.115 e. The normalized spacial score (nSPS) is 16.0. The number of hydrogen-bond acceptors (Lipinski definition) is 0. The minimum atomic E-state index is -0.336. The molecule has 0 heterocycles. The summed E-state index contributed by atoms with van der Waals surface area (Å²) in [5.41, 5.74) is 5.96. The van der Waals surface area contributed by atoms with E-state index >= 15 is 0 Å². The van der Waals surface area contributed by atoms with Crippen molar-refractivity contribution in [3.63, 3.8) is 0 Å². The van der Waals surface area contributed by atoms with Crippen LogP contribution in [0.15, 0.2) is 0 Å². The second kappa shape index (κ2) is 6.06. The number of hydrogen-bond donors (Lipinski definition) is 0. The quantitative estimate of drug-likeness (QED) is 0.504. The monoisotopic (exact) mass is 254 g/mol. The van der Waals surface area contributed by atoms with E-state index in [1.165, 1.54) is 0 Å². The highest BCUT2D eigenvalue weighted by atomic mass is 31.1. The van der Waals surface area contributed by atoms with Gasteiger partial charge in [0.05, 0.1) is 0 Å². The fourth-order valence-corrected chi connectivity index (χ4v) is 5.36. The number of rotatable bonds is 3. The Morgan fingerprint density at radius 1 is 0.750 bits per heavy atom. The van der Waals surface area contributed by atoms with Crippen LogP contribution in [0, 0.1) is 24.2 Å². The molecule has 0 aromatic rings. The summed E-state index contributed by atoms with van der Waals surface area (Å²) in [6.45, 7) is 13.4. The van der Waals surface area contributed by atoms with Crippen LogP contribution in [-0.4, -0.2) is 22.6 Å². The molecule has 90 valence electrons. The van der Waals surface area contributed by atoms with E-state index in [1.807, 2.05) is 0 Å². The van der Waals surface area contributed by atoms with Gasteiger partial charge in [0.2, 0.25) is 0 Å². The van der Waals surface area contributed by atoms with E-state index in [2.05, 4.69) is 52.9 Å². The lowest BCUT2D eigenvalue weighted by Gasteiger charge is -2.31. The molecule has 0 N–H and O–H groups in total. The van der Waals surface area contributed by atoms with Crippen LogP contribution >= 0.6 is 15.8 Å². The van der Waals surface area contributed by atoms with Crippen LogP contribution in [0.2, 0.25) is 0 Å². The second-order valence-electron chi connectivity index (χ2n) is 5.90. The van der Waals surface area contributed by atoms with Gasteiger partial charge < -0.3 is 0 Å². The van der Waals surface area contributed by atoms with Gasteiger partial charge in [-0.15, -0.1) is 12.8 Å². The van der Waals surface area contributed by atoms with Gasteiger partial charge in [-0.2, -0.15) is 0 Å². The predicted molar refractivity (Wildman–Crippen MR) is 80.7 cm³/mol. The highest BCUT2D eigenvalue weighted by molar-refractivity contribution is 7.68. The van der Waals surface area contributed by atoms with E-state index in [0.717, 1.165) is 12.3 Å². The van der Waals surface area contributed by atoms with E-state index in [9.17, 15) is 0 Å². The van der Waals surface area contributed by atoms with Crippen LogP contribution in [0.4, 0.5) is 0 Å². The minimum absolute atomic E-state index is 0.248. The summed E-state index contributed by atoms with van der Waals surface area (Å²) >= 11 is 0. The van der Waals surface area contributed by atoms with Crippen LogP contribution in [0.5, 0.6) is 0 Å². The molecule has 0 aromatic heterocycles.